The number of nitrogens with zero attached hydrogens (tertiary/aromatic N) is 2. The van der Waals surface area contributed by atoms with E-state index < -0.39 is 27.9 Å². The Hall–Kier alpha value is -1.94. The van der Waals surface area contributed by atoms with Gasteiger partial charge in [0, 0.05) is 32.7 Å². The van der Waals surface area contributed by atoms with Crippen molar-refractivity contribution >= 4 is 10.0 Å². The molecule has 28 heavy (non-hydrogen) atoms. The standard InChI is InChI=1S/C19H21F3N2O3S/c20-19(21,22)16-7-4-8-17(13-16)28(26,27)24-11-9-23(10-12-24)14-18(25)15-5-2-1-3-6-15/h1-8,13,18,25H,9-12,14H2/t18-/m1/s1. The number of alkyl halides is 3. The summed E-state index contributed by atoms with van der Waals surface area (Å²) in [4.78, 5) is 1.58. The highest BCUT2D eigenvalue weighted by Gasteiger charge is 2.34. The second kappa shape index (κ2) is 8.20. The van der Waals surface area contributed by atoms with Crippen molar-refractivity contribution < 1.29 is 26.7 Å². The highest BCUT2D eigenvalue weighted by molar-refractivity contribution is 7.89. The van der Waals surface area contributed by atoms with Crippen molar-refractivity contribution in [2.45, 2.75) is 17.2 Å². The van der Waals surface area contributed by atoms with Crippen molar-refractivity contribution in [1.82, 2.24) is 9.21 Å². The van der Waals surface area contributed by atoms with Gasteiger partial charge in [-0.2, -0.15) is 17.5 Å². The van der Waals surface area contributed by atoms with E-state index in [2.05, 4.69) is 0 Å². The van der Waals surface area contributed by atoms with Crippen molar-refractivity contribution in [2.24, 2.45) is 0 Å². The number of rotatable bonds is 5. The van der Waals surface area contributed by atoms with Crippen LogP contribution in [-0.4, -0.2) is 55.5 Å². The molecule has 1 saturated heterocycles. The molecular weight excluding hydrogens is 393 g/mol. The molecule has 0 aliphatic carbocycles. The van der Waals surface area contributed by atoms with Crippen LogP contribution in [0.5, 0.6) is 0 Å². The molecule has 0 amide bonds. The molecule has 1 aliphatic rings. The Labute approximate surface area is 162 Å². The van der Waals surface area contributed by atoms with Gasteiger partial charge in [-0.3, -0.25) is 4.90 Å². The monoisotopic (exact) mass is 414 g/mol. The molecule has 1 aliphatic heterocycles. The van der Waals surface area contributed by atoms with Crippen molar-refractivity contribution in [1.29, 1.82) is 0 Å². The number of benzene rings is 2. The van der Waals surface area contributed by atoms with Gasteiger partial charge in [0.2, 0.25) is 10.0 Å². The molecule has 0 aromatic heterocycles. The molecule has 0 saturated carbocycles. The van der Waals surface area contributed by atoms with Crippen molar-refractivity contribution in [3.8, 4) is 0 Å². The lowest BCUT2D eigenvalue weighted by molar-refractivity contribution is -0.137. The van der Waals surface area contributed by atoms with Gasteiger partial charge in [-0.15, -0.1) is 0 Å². The number of aliphatic hydroxyl groups is 1. The zero-order chi connectivity index (χ0) is 20.4. The van der Waals surface area contributed by atoms with Gasteiger partial charge < -0.3 is 5.11 Å². The molecule has 1 fully saturated rings. The molecule has 3 rings (SSSR count). The number of halogens is 3. The molecule has 0 radical (unpaired) electrons. The average molecular weight is 414 g/mol. The van der Waals surface area contributed by atoms with Crippen molar-refractivity contribution in [2.75, 3.05) is 32.7 Å². The van der Waals surface area contributed by atoms with Crippen LogP contribution >= 0.6 is 0 Å². The Morgan fingerprint density at radius 1 is 0.964 bits per heavy atom. The number of sulfonamides is 1. The van der Waals surface area contributed by atoms with Crippen LogP contribution in [0, 0.1) is 0 Å². The van der Waals surface area contributed by atoms with Gasteiger partial charge in [-0.1, -0.05) is 36.4 Å². The van der Waals surface area contributed by atoms with E-state index in [4.69, 9.17) is 0 Å². The normalized spacial score (nSPS) is 18.1. The van der Waals surface area contributed by atoms with Crippen LogP contribution < -0.4 is 0 Å². The minimum Gasteiger partial charge on any atom is -0.387 e. The Kier molecular flexibility index (Phi) is 6.09. The van der Waals surface area contributed by atoms with Gasteiger partial charge >= 0.3 is 6.18 Å². The Morgan fingerprint density at radius 3 is 2.21 bits per heavy atom. The number of aliphatic hydroxyl groups excluding tert-OH is 1. The third-order valence-electron chi connectivity index (χ3n) is 4.75. The molecular formula is C19H21F3N2O3S. The summed E-state index contributed by atoms with van der Waals surface area (Å²) in [5, 5.41) is 10.3. The molecule has 2 aromatic rings. The topological polar surface area (TPSA) is 60.9 Å². The number of β-amino-alcohol motifs (C(OH)–C–C–N with tert-alkyl or cyclic N) is 1. The fourth-order valence-electron chi connectivity index (χ4n) is 3.16. The molecule has 1 heterocycles. The summed E-state index contributed by atoms with van der Waals surface area (Å²) in [5.41, 5.74) is -0.209. The SMILES string of the molecule is O=S(=O)(c1cccc(C(F)(F)F)c1)N1CCN(C[C@@H](O)c2ccccc2)CC1. The summed E-state index contributed by atoms with van der Waals surface area (Å²) in [7, 11) is -4.00. The van der Waals surface area contributed by atoms with Gasteiger partial charge in [0.25, 0.3) is 0 Å². The Bertz CT molecular complexity index is 896. The maximum absolute atomic E-state index is 12.9. The largest absolute Gasteiger partial charge is 0.416 e. The van der Waals surface area contributed by atoms with Crippen LogP contribution in [-0.2, 0) is 16.2 Å². The van der Waals surface area contributed by atoms with Gasteiger partial charge in [0.05, 0.1) is 16.6 Å². The second-order valence-electron chi connectivity index (χ2n) is 6.66. The number of hydrogen-bond donors (Lipinski definition) is 1. The zero-order valence-corrected chi connectivity index (χ0v) is 15.8. The second-order valence-corrected chi connectivity index (χ2v) is 8.59. The first kappa shape index (κ1) is 20.8. The highest BCUT2D eigenvalue weighted by Crippen LogP contribution is 2.31. The minimum absolute atomic E-state index is 0.153. The molecule has 1 atom stereocenters. The third-order valence-corrected chi connectivity index (χ3v) is 6.64. The van der Waals surface area contributed by atoms with Gasteiger partial charge in [-0.05, 0) is 23.8 Å². The van der Waals surface area contributed by atoms with E-state index in [1.165, 1.54) is 10.4 Å². The van der Waals surface area contributed by atoms with Crippen LogP contribution in [0.1, 0.15) is 17.2 Å². The highest BCUT2D eigenvalue weighted by atomic mass is 32.2. The van der Waals surface area contributed by atoms with Crippen molar-refractivity contribution in [3.63, 3.8) is 0 Å². The smallest absolute Gasteiger partial charge is 0.387 e. The Morgan fingerprint density at radius 2 is 1.61 bits per heavy atom. The first-order valence-corrected chi connectivity index (χ1v) is 10.2. The molecule has 0 spiro atoms. The maximum atomic E-state index is 12.9. The molecule has 152 valence electrons. The van der Waals surface area contributed by atoms with Gasteiger partial charge in [0.15, 0.2) is 0 Å². The number of piperazine rings is 1. The first-order chi connectivity index (χ1) is 13.2. The van der Waals surface area contributed by atoms with E-state index in [1.807, 2.05) is 35.2 Å². The summed E-state index contributed by atoms with van der Waals surface area (Å²) in [6, 6.07) is 12.9. The molecule has 9 heteroatoms. The minimum atomic E-state index is -4.60. The van der Waals surface area contributed by atoms with E-state index in [0.717, 1.165) is 17.7 Å². The summed E-state index contributed by atoms with van der Waals surface area (Å²) < 4.78 is 65.2. The lowest BCUT2D eigenvalue weighted by Gasteiger charge is -2.35. The summed E-state index contributed by atoms with van der Waals surface area (Å²) in [5.74, 6) is 0. The van der Waals surface area contributed by atoms with Crippen LogP contribution in [0.4, 0.5) is 13.2 Å². The fourth-order valence-corrected chi connectivity index (χ4v) is 4.63. The predicted molar refractivity (Wildman–Crippen MR) is 98.0 cm³/mol. The van der Waals surface area contributed by atoms with Crippen LogP contribution in [0.25, 0.3) is 0 Å². The Balaban J connectivity index is 1.64. The summed E-state index contributed by atoms with van der Waals surface area (Å²) in [6.45, 7) is 1.45. The quantitative estimate of drug-likeness (QED) is 0.818. The van der Waals surface area contributed by atoms with Gasteiger partial charge in [-0.25, -0.2) is 8.42 Å². The van der Waals surface area contributed by atoms with Crippen molar-refractivity contribution in [3.05, 3.63) is 65.7 Å². The molecule has 1 N–H and O–H groups in total. The van der Waals surface area contributed by atoms with E-state index in [9.17, 15) is 26.7 Å². The van der Waals surface area contributed by atoms with Crippen LogP contribution in [0.15, 0.2) is 59.5 Å². The van der Waals surface area contributed by atoms with Crippen LogP contribution in [0.3, 0.4) is 0 Å². The predicted octanol–water partition coefficient (Wildman–Crippen LogP) is 2.75. The van der Waals surface area contributed by atoms with E-state index in [1.54, 1.807) is 0 Å². The molecule has 2 aromatic carbocycles. The summed E-state index contributed by atoms with van der Waals surface area (Å²) in [6.07, 6.45) is -5.29. The summed E-state index contributed by atoms with van der Waals surface area (Å²) >= 11 is 0. The van der Waals surface area contributed by atoms with E-state index >= 15 is 0 Å². The van der Waals surface area contributed by atoms with E-state index in [0.29, 0.717) is 25.7 Å². The fraction of sp³-hybridized carbons (Fsp3) is 0.368. The lowest BCUT2D eigenvalue weighted by Crippen LogP contribution is -2.49. The molecule has 0 unspecified atom stereocenters. The van der Waals surface area contributed by atoms with E-state index in [-0.39, 0.29) is 18.0 Å². The van der Waals surface area contributed by atoms with Crippen LogP contribution in [0.2, 0.25) is 0 Å². The van der Waals surface area contributed by atoms with Gasteiger partial charge in [0.1, 0.15) is 0 Å². The number of hydrogen-bond acceptors (Lipinski definition) is 4. The molecule has 5 nitrogen and oxygen atoms in total. The molecule has 0 bridgehead atoms. The zero-order valence-electron chi connectivity index (χ0n) is 15.0. The maximum Gasteiger partial charge on any atom is 0.416 e. The average Bonchev–Trinajstić information content (AvgIpc) is 2.68. The lowest BCUT2D eigenvalue weighted by atomic mass is 10.1. The third kappa shape index (κ3) is 4.72. The first-order valence-electron chi connectivity index (χ1n) is 8.81.